The molecule has 24 heavy (non-hydrogen) atoms. The van der Waals surface area contributed by atoms with Gasteiger partial charge in [-0.15, -0.1) is 0 Å². The maximum atomic E-state index is 10.9. The fourth-order valence-electron chi connectivity index (χ4n) is 1.04. The fraction of sp³-hybridized carbons (Fsp3) is 0. The van der Waals surface area contributed by atoms with Gasteiger partial charge < -0.3 is 9.47 Å². The summed E-state index contributed by atoms with van der Waals surface area (Å²) in [7, 11) is 0. The number of hydrogen-bond donors (Lipinski definition) is 0. The van der Waals surface area contributed by atoms with Crippen molar-refractivity contribution in [1.82, 2.24) is 0 Å². The molecular formula is C20H18O4. The number of esters is 2. The summed E-state index contributed by atoms with van der Waals surface area (Å²) in [4.78, 5) is 21.9. The molecule has 0 atom stereocenters. The predicted molar refractivity (Wildman–Crippen MR) is 95.2 cm³/mol. The van der Waals surface area contributed by atoms with Gasteiger partial charge in [-0.1, -0.05) is 51.3 Å². The first-order chi connectivity index (χ1) is 11.3. The van der Waals surface area contributed by atoms with Crippen LogP contribution in [0.5, 0.6) is 0 Å². The Morgan fingerprint density at radius 1 is 0.667 bits per heavy atom. The number of allylic oxidation sites excluding steroid dienone is 6. The lowest BCUT2D eigenvalue weighted by Gasteiger charge is -1.98. The SMILES string of the molecule is C=CC(=O)OC(=C)/C=C\C(=C)C#CC(=C)/C=C\C(=C)OC(=O)C=C. The van der Waals surface area contributed by atoms with Gasteiger partial charge in [-0.3, -0.25) is 0 Å². The zero-order valence-corrected chi connectivity index (χ0v) is 13.3. The molecule has 0 heterocycles. The molecule has 0 aliphatic heterocycles. The van der Waals surface area contributed by atoms with Gasteiger partial charge >= 0.3 is 11.9 Å². The molecule has 0 aromatic carbocycles. The Morgan fingerprint density at radius 2 is 1.00 bits per heavy atom. The highest BCUT2D eigenvalue weighted by molar-refractivity contribution is 5.82. The maximum Gasteiger partial charge on any atom is 0.335 e. The lowest BCUT2D eigenvalue weighted by Crippen LogP contribution is -1.97. The first-order valence-corrected chi connectivity index (χ1v) is 6.60. The smallest absolute Gasteiger partial charge is 0.335 e. The van der Waals surface area contributed by atoms with Crippen molar-refractivity contribution >= 4 is 11.9 Å². The largest absolute Gasteiger partial charge is 0.424 e. The van der Waals surface area contributed by atoms with E-state index in [0.717, 1.165) is 12.2 Å². The lowest BCUT2D eigenvalue weighted by molar-refractivity contribution is -0.134. The molecule has 0 aliphatic rings. The van der Waals surface area contributed by atoms with Crippen molar-refractivity contribution in [1.29, 1.82) is 0 Å². The number of hydrogen-bond acceptors (Lipinski definition) is 4. The van der Waals surface area contributed by atoms with Crippen LogP contribution in [0.1, 0.15) is 0 Å². The molecule has 0 N–H and O–H groups in total. The minimum absolute atomic E-state index is 0.141. The van der Waals surface area contributed by atoms with Crippen molar-refractivity contribution in [3.8, 4) is 11.8 Å². The first-order valence-electron chi connectivity index (χ1n) is 6.60. The number of carbonyl (C=O) groups excluding carboxylic acids is 2. The lowest BCUT2D eigenvalue weighted by atomic mass is 10.2. The molecule has 0 spiro atoms. The van der Waals surface area contributed by atoms with Crippen LogP contribution in [0.2, 0.25) is 0 Å². The second-order valence-electron chi connectivity index (χ2n) is 4.15. The molecule has 0 rings (SSSR count). The molecule has 0 radical (unpaired) electrons. The summed E-state index contributed by atoms with van der Waals surface area (Å²) in [5.41, 5.74) is 0.912. The van der Waals surface area contributed by atoms with Crippen molar-refractivity contribution in [2.75, 3.05) is 0 Å². The van der Waals surface area contributed by atoms with Gasteiger partial charge in [-0.25, -0.2) is 9.59 Å². The summed E-state index contributed by atoms with van der Waals surface area (Å²) >= 11 is 0. The Balaban J connectivity index is 4.54. The van der Waals surface area contributed by atoms with Crippen molar-refractivity contribution in [3.63, 3.8) is 0 Å². The molecule has 0 aromatic rings. The van der Waals surface area contributed by atoms with Crippen LogP contribution in [0.25, 0.3) is 0 Å². The van der Waals surface area contributed by atoms with Gasteiger partial charge in [0.25, 0.3) is 0 Å². The molecular weight excluding hydrogens is 304 g/mol. The van der Waals surface area contributed by atoms with Crippen LogP contribution in [0, 0.1) is 11.8 Å². The van der Waals surface area contributed by atoms with E-state index < -0.39 is 11.9 Å². The first kappa shape index (κ1) is 20.4. The Labute approximate surface area is 142 Å². The summed E-state index contributed by atoms with van der Waals surface area (Å²) in [6.07, 6.45) is 8.04. The number of rotatable bonds is 8. The van der Waals surface area contributed by atoms with E-state index in [0.29, 0.717) is 11.1 Å². The van der Waals surface area contributed by atoms with Gasteiger partial charge in [0.15, 0.2) is 0 Å². The summed E-state index contributed by atoms with van der Waals surface area (Å²) in [5, 5.41) is 0. The van der Waals surface area contributed by atoms with Crippen LogP contribution in [-0.4, -0.2) is 11.9 Å². The zero-order valence-electron chi connectivity index (χ0n) is 13.3. The highest BCUT2D eigenvalue weighted by atomic mass is 16.5. The average molecular weight is 322 g/mol. The monoisotopic (exact) mass is 322 g/mol. The molecule has 0 bridgehead atoms. The van der Waals surface area contributed by atoms with Gasteiger partial charge in [0.2, 0.25) is 0 Å². The van der Waals surface area contributed by atoms with Crippen LogP contribution < -0.4 is 0 Å². The molecule has 122 valence electrons. The molecule has 0 fully saturated rings. The second-order valence-corrected chi connectivity index (χ2v) is 4.15. The van der Waals surface area contributed by atoms with Gasteiger partial charge in [-0.2, -0.15) is 0 Å². The topological polar surface area (TPSA) is 52.6 Å². The number of carbonyl (C=O) groups is 2. The van der Waals surface area contributed by atoms with Gasteiger partial charge in [0.1, 0.15) is 11.5 Å². The quantitative estimate of drug-likeness (QED) is 0.225. The van der Waals surface area contributed by atoms with Crippen LogP contribution in [0.3, 0.4) is 0 Å². The molecule has 0 saturated carbocycles. The molecule has 0 saturated heterocycles. The van der Waals surface area contributed by atoms with Crippen molar-refractivity contribution in [3.05, 3.63) is 98.6 Å². The molecule has 0 aliphatic carbocycles. The second kappa shape index (κ2) is 11.0. The minimum atomic E-state index is -0.600. The normalized spacial score (nSPS) is 9.50. The average Bonchev–Trinajstić information content (AvgIpc) is 2.55. The molecule has 4 nitrogen and oxygen atoms in total. The highest BCUT2D eigenvalue weighted by Gasteiger charge is 1.97. The third-order valence-electron chi connectivity index (χ3n) is 2.12. The standard InChI is InChI=1S/C20H18O4/c1-7-19(21)23-17(5)13-11-15(3)9-10-16(4)12-14-18(6)24-20(22)8-2/h7-8,11-14H,1-6H2/b13-11-,14-12-. The van der Waals surface area contributed by atoms with E-state index in [1.54, 1.807) is 0 Å². The van der Waals surface area contributed by atoms with Crippen LogP contribution in [0.4, 0.5) is 0 Å². The van der Waals surface area contributed by atoms with Gasteiger partial charge in [0.05, 0.1) is 0 Å². The van der Waals surface area contributed by atoms with Crippen LogP contribution in [-0.2, 0) is 19.1 Å². The third-order valence-corrected chi connectivity index (χ3v) is 2.12. The van der Waals surface area contributed by atoms with E-state index in [9.17, 15) is 9.59 Å². The minimum Gasteiger partial charge on any atom is -0.424 e. The van der Waals surface area contributed by atoms with Crippen molar-refractivity contribution in [2.24, 2.45) is 0 Å². The summed E-state index contributed by atoms with van der Waals surface area (Å²) in [6.45, 7) is 21.1. The van der Waals surface area contributed by atoms with Crippen molar-refractivity contribution < 1.29 is 19.1 Å². The highest BCUT2D eigenvalue weighted by Crippen LogP contribution is 2.03. The Kier molecular flexibility index (Phi) is 9.40. The number of ether oxygens (including phenoxy) is 2. The van der Waals surface area contributed by atoms with Gasteiger partial charge in [-0.05, 0) is 24.3 Å². The van der Waals surface area contributed by atoms with E-state index in [1.807, 2.05) is 0 Å². The fourth-order valence-corrected chi connectivity index (χ4v) is 1.04. The zero-order chi connectivity index (χ0) is 18.5. The van der Waals surface area contributed by atoms with E-state index in [-0.39, 0.29) is 11.5 Å². The summed E-state index contributed by atoms with van der Waals surface area (Å²) in [6, 6.07) is 0. The molecule has 4 heteroatoms. The maximum absolute atomic E-state index is 10.9. The van der Waals surface area contributed by atoms with Crippen LogP contribution in [0.15, 0.2) is 98.6 Å². The van der Waals surface area contributed by atoms with E-state index in [1.165, 1.54) is 24.3 Å². The Hall–Kier alpha value is -3.58. The van der Waals surface area contributed by atoms with E-state index in [4.69, 9.17) is 9.47 Å². The predicted octanol–water partition coefficient (Wildman–Crippen LogP) is 3.70. The van der Waals surface area contributed by atoms with Crippen molar-refractivity contribution in [2.45, 2.75) is 0 Å². The molecule has 0 amide bonds. The third kappa shape index (κ3) is 10.2. The summed E-state index contributed by atoms with van der Waals surface area (Å²) in [5.74, 6) is 4.57. The Morgan fingerprint density at radius 3 is 1.29 bits per heavy atom. The summed E-state index contributed by atoms with van der Waals surface area (Å²) < 4.78 is 9.53. The molecule has 0 aromatic heterocycles. The Bertz CT molecular complexity index is 658. The molecule has 0 unspecified atom stereocenters. The van der Waals surface area contributed by atoms with Gasteiger partial charge in [0, 0.05) is 23.3 Å². The van der Waals surface area contributed by atoms with E-state index >= 15 is 0 Å². The van der Waals surface area contributed by atoms with E-state index in [2.05, 4.69) is 51.3 Å². The van der Waals surface area contributed by atoms with Crippen LogP contribution >= 0.6 is 0 Å².